The summed E-state index contributed by atoms with van der Waals surface area (Å²) in [6.45, 7) is 3.55. The quantitative estimate of drug-likeness (QED) is 0.652. The molecule has 0 bridgehead atoms. The zero-order valence-electron chi connectivity index (χ0n) is 17.9. The number of fused-ring (bicyclic) bond motifs is 1. The Kier molecular flexibility index (Phi) is 5.63. The molecule has 30 heavy (non-hydrogen) atoms. The second-order valence-corrected chi connectivity index (χ2v) is 7.78. The maximum absolute atomic E-state index is 12.8. The Morgan fingerprint density at radius 3 is 2.77 bits per heavy atom. The lowest BCUT2D eigenvalue weighted by Gasteiger charge is -2.20. The van der Waals surface area contributed by atoms with Crippen LogP contribution in [0, 0.1) is 6.92 Å². The van der Waals surface area contributed by atoms with E-state index in [1.165, 1.54) is 24.0 Å². The molecule has 0 aliphatic carbocycles. The first-order valence-corrected chi connectivity index (χ1v) is 10.2. The van der Waals surface area contributed by atoms with Crippen LogP contribution in [0.3, 0.4) is 0 Å². The molecule has 158 valence electrons. The highest BCUT2D eigenvalue weighted by molar-refractivity contribution is 5.86. The van der Waals surface area contributed by atoms with Gasteiger partial charge in [0.1, 0.15) is 0 Å². The Bertz CT molecular complexity index is 1120. The van der Waals surface area contributed by atoms with Gasteiger partial charge < -0.3 is 24.7 Å². The van der Waals surface area contributed by atoms with Gasteiger partial charge in [-0.25, -0.2) is 0 Å². The van der Waals surface area contributed by atoms with Crippen molar-refractivity contribution in [2.45, 2.75) is 32.4 Å². The van der Waals surface area contributed by atoms with E-state index in [2.05, 4.69) is 39.6 Å². The average molecular weight is 409 g/mol. The van der Waals surface area contributed by atoms with Crippen molar-refractivity contribution in [3.8, 4) is 11.5 Å². The number of aromatic amines is 1. The highest BCUT2D eigenvalue weighted by atomic mass is 16.5. The minimum Gasteiger partial charge on any atom is -0.493 e. The number of nitrogens with one attached hydrogen (secondary N) is 2. The first kappa shape index (κ1) is 20.2. The number of aryl methyl sites for hydroxylation is 1. The molecule has 1 unspecified atom stereocenters. The zero-order chi connectivity index (χ0) is 21.3. The maximum atomic E-state index is 12.8. The number of aromatic nitrogens is 2. The van der Waals surface area contributed by atoms with Crippen molar-refractivity contribution in [3.05, 3.63) is 57.4 Å². The first-order chi connectivity index (χ1) is 14.5. The zero-order valence-corrected chi connectivity index (χ0v) is 17.9. The number of hydrogen-bond donors (Lipinski definition) is 2. The molecule has 2 N–H and O–H groups in total. The van der Waals surface area contributed by atoms with Crippen LogP contribution < -0.4 is 25.2 Å². The average Bonchev–Trinajstić information content (AvgIpc) is 3.28. The lowest BCUT2D eigenvalue weighted by Crippen LogP contribution is -2.23. The van der Waals surface area contributed by atoms with Gasteiger partial charge in [-0.15, -0.1) is 0 Å². The number of hydrogen-bond acceptors (Lipinski definition) is 6. The number of H-pyrrole nitrogens is 1. The summed E-state index contributed by atoms with van der Waals surface area (Å²) in [5.74, 6) is 1.65. The van der Waals surface area contributed by atoms with Crippen molar-refractivity contribution < 1.29 is 9.47 Å². The van der Waals surface area contributed by atoms with Crippen LogP contribution in [0.1, 0.15) is 35.6 Å². The number of benzene rings is 2. The summed E-state index contributed by atoms with van der Waals surface area (Å²) >= 11 is 0. The number of nitrogens with zero attached hydrogens (tertiary/aromatic N) is 2. The Balaban J connectivity index is 1.66. The van der Waals surface area contributed by atoms with Crippen molar-refractivity contribution in [1.29, 1.82) is 0 Å². The van der Waals surface area contributed by atoms with Crippen LogP contribution in [0.15, 0.2) is 35.1 Å². The molecule has 1 aromatic heterocycles. The summed E-state index contributed by atoms with van der Waals surface area (Å²) in [6.07, 6.45) is 2.38. The monoisotopic (exact) mass is 408 g/mol. The fourth-order valence-corrected chi connectivity index (χ4v) is 4.26. The van der Waals surface area contributed by atoms with Crippen LogP contribution in [0.25, 0.3) is 10.9 Å². The lowest BCUT2D eigenvalue weighted by atomic mass is 10.0. The standard InChI is InChI=1S/C23H28N4O3/c1-14-20-18(12-19(29-3)21(14)30-4)25-23(26-22(20)28)27(2)13-15-7-5-8-16(11-15)17-9-6-10-24-17/h5,7-8,11-12,17,24H,6,9-10,13H2,1-4H3,(H,25,26,28). The minimum absolute atomic E-state index is 0.284. The molecule has 2 heterocycles. The largest absolute Gasteiger partial charge is 0.493 e. The fourth-order valence-electron chi connectivity index (χ4n) is 4.26. The smallest absolute Gasteiger partial charge is 0.282 e. The van der Waals surface area contributed by atoms with Gasteiger partial charge >= 0.3 is 0 Å². The molecule has 2 aromatic carbocycles. The molecule has 0 amide bonds. The van der Waals surface area contributed by atoms with Crippen LogP contribution in [0.2, 0.25) is 0 Å². The minimum atomic E-state index is -0.284. The number of anilines is 1. The van der Waals surface area contributed by atoms with Crippen molar-refractivity contribution in [2.75, 3.05) is 32.7 Å². The van der Waals surface area contributed by atoms with E-state index in [1.54, 1.807) is 20.3 Å². The van der Waals surface area contributed by atoms with E-state index in [0.29, 0.717) is 46.5 Å². The molecule has 4 rings (SSSR count). The van der Waals surface area contributed by atoms with Gasteiger partial charge in [0.15, 0.2) is 11.5 Å². The van der Waals surface area contributed by atoms with Gasteiger partial charge in [0.2, 0.25) is 5.95 Å². The molecule has 0 radical (unpaired) electrons. The van der Waals surface area contributed by atoms with Crippen molar-refractivity contribution in [2.24, 2.45) is 0 Å². The third kappa shape index (κ3) is 3.73. The molecule has 7 heteroatoms. The Labute approximate surface area is 176 Å². The number of rotatable bonds is 6. The van der Waals surface area contributed by atoms with Crippen LogP contribution in [0.4, 0.5) is 5.95 Å². The van der Waals surface area contributed by atoms with Gasteiger partial charge in [-0.3, -0.25) is 4.79 Å². The molecular weight excluding hydrogens is 380 g/mol. The summed E-state index contributed by atoms with van der Waals surface area (Å²) in [6, 6.07) is 10.8. The predicted octanol–water partition coefficient (Wildman–Crippen LogP) is 3.31. The molecule has 0 spiro atoms. The van der Waals surface area contributed by atoms with Crippen LogP contribution >= 0.6 is 0 Å². The van der Waals surface area contributed by atoms with Crippen LogP contribution in [-0.2, 0) is 6.54 Å². The van der Waals surface area contributed by atoms with Gasteiger partial charge in [0.25, 0.3) is 5.56 Å². The van der Waals surface area contributed by atoms with E-state index < -0.39 is 0 Å². The van der Waals surface area contributed by atoms with Crippen molar-refractivity contribution in [3.63, 3.8) is 0 Å². The van der Waals surface area contributed by atoms with Gasteiger partial charge in [-0.1, -0.05) is 24.3 Å². The van der Waals surface area contributed by atoms with Crippen molar-refractivity contribution in [1.82, 2.24) is 15.3 Å². The Hall–Kier alpha value is -3.06. The van der Waals surface area contributed by atoms with E-state index >= 15 is 0 Å². The highest BCUT2D eigenvalue weighted by Gasteiger charge is 2.18. The van der Waals surface area contributed by atoms with Crippen LogP contribution in [0.5, 0.6) is 11.5 Å². The Morgan fingerprint density at radius 1 is 1.23 bits per heavy atom. The van der Waals surface area contributed by atoms with E-state index in [0.717, 1.165) is 6.54 Å². The summed E-state index contributed by atoms with van der Waals surface area (Å²) < 4.78 is 10.9. The maximum Gasteiger partial charge on any atom is 0.282 e. The number of methoxy groups -OCH3 is 2. The molecule has 1 atom stereocenters. The fraction of sp³-hybridized carbons (Fsp3) is 0.391. The molecule has 1 aliphatic heterocycles. The summed E-state index contributed by atoms with van der Waals surface area (Å²) in [5.41, 5.74) is 3.59. The summed E-state index contributed by atoms with van der Waals surface area (Å²) in [4.78, 5) is 22.3. The predicted molar refractivity (Wildman–Crippen MR) is 119 cm³/mol. The highest BCUT2D eigenvalue weighted by Crippen LogP contribution is 2.35. The van der Waals surface area contributed by atoms with E-state index in [1.807, 2.05) is 18.9 Å². The molecule has 1 fully saturated rings. The van der Waals surface area contributed by atoms with E-state index in [-0.39, 0.29) is 5.56 Å². The second kappa shape index (κ2) is 8.36. The first-order valence-electron chi connectivity index (χ1n) is 10.2. The van der Waals surface area contributed by atoms with E-state index in [4.69, 9.17) is 9.47 Å². The van der Waals surface area contributed by atoms with Gasteiger partial charge in [-0.05, 0) is 37.4 Å². The summed E-state index contributed by atoms with van der Waals surface area (Å²) in [5, 5.41) is 4.06. The molecular formula is C23H28N4O3. The van der Waals surface area contributed by atoms with Crippen LogP contribution in [-0.4, -0.2) is 37.8 Å². The summed E-state index contributed by atoms with van der Waals surface area (Å²) in [7, 11) is 5.08. The molecule has 0 saturated carbocycles. The lowest BCUT2D eigenvalue weighted by molar-refractivity contribution is 0.354. The van der Waals surface area contributed by atoms with Gasteiger partial charge in [0, 0.05) is 31.3 Å². The third-order valence-electron chi connectivity index (χ3n) is 5.77. The SMILES string of the molecule is COc1cc2[nH]c(N(C)Cc3cccc(C4CCCN4)c3)nc(=O)c2c(C)c1OC. The number of ether oxygens (including phenoxy) is 2. The van der Waals surface area contributed by atoms with Gasteiger partial charge in [0.05, 0.1) is 25.1 Å². The topological polar surface area (TPSA) is 79.5 Å². The molecule has 3 aromatic rings. The molecule has 1 saturated heterocycles. The second-order valence-electron chi connectivity index (χ2n) is 7.78. The van der Waals surface area contributed by atoms with Crippen molar-refractivity contribution >= 4 is 16.9 Å². The third-order valence-corrected chi connectivity index (χ3v) is 5.77. The normalized spacial score (nSPS) is 16.1. The molecule has 7 nitrogen and oxygen atoms in total. The Morgan fingerprint density at radius 2 is 2.07 bits per heavy atom. The van der Waals surface area contributed by atoms with E-state index in [9.17, 15) is 4.79 Å². The van der Waals surface area contributed by atoms with Gasteiger partial charge in [-0.2, -0.15) is 4.98 Å². The molecule has 1 aliphatic rings.